The molecule has 0 aromatic rings. The van der Waals surface area contributed by atoms with Crippen LogP contribution >= 0.6 is 15.9 Å². The van der Waals surface area contributed by atoms with Gasteiger partial charge in [-0.05, 0) is 13.8 Å². The molecule has 66 valence electrons. The summed E-state index contributed by atoms with van der Waals surface area (Å²) in [4.78, 5) is 10.8. The van der Waals surface area contributed by atoms with Gasteiger partial charge in [0.15, 0.2) is 0 Å². The van der Waals surface area contributed by atoms with E-state index in [2.05, 4.69) is 21.2 Å². The maximum Gasteiger partial charge on any atom is 0.230 e. The molecular weight excluding hydrogens is 210 g/mol. The number of carbonyl (C=O) groups excluding carboxylic acids is 1. The Kier molecular flexibility index (Phi) is 6.56. The van der Waals surface area contributed by atoms with Crippen molar-refractivity contribution in [2.75, 3.05) is 18.5 Å². The highest BCUT2D eigenvalue weighted by atomic mass is 79.9. The average Bonchev–Trinajstić information content (AvgIpc) is 2.00. The lowest BCUT2D eigenvalue weighted by Gasteiger charge is -2.11. The quantitative estimate of drug-likeness (QED) is 0.705. The fourth-order valence-corrected chi connectivity index (χ4v) is 0.812. The van der Waals surface area contributed by atoms with Crippen molar-refractivity contribution in [3.05, 3.63) is 0 Å². The number of hydrogen-bond donors (Lipinski definition) is 1. The maximum atomic E-state index is 10.8. The van der Waals surface area contributed by atoms with E-state index in [4.69, 9.17) is 4.74 Å². The van der Waals surface area contributed by atoms with Crippen molar-refractivity contribution >= 4 is 21.8 Å². The molecule has 0 aromatic carbocycles. The summed E-state index contributed by atoms with van der Waals surface area (Å²) in [5.74, 6) is -0.00259. The van der Waals surface area contributed by atoms with Crippen LogP contribution in [-0.2, 0) is 9.53 Å². The predicted molar refractivity (Wildman–Crippen MR) is 47.9 cm³/mol. The van der Waals surface area contributed by atoms with Gasteiger partial charge in [-0.2, -0.15) is 0 Å². The molecule has 0 radical (unpaired) electrons. The van der Waals surface area contributed by atoms with Crippen LogP contribution in [-0.4, -0.2) is 30.5 Å². The van der Waals surface area contributed by atoms with E-state index in [-0.39, 0.29) is 11.9 Å². The molecule has 0 aliphatic rings. The van der Waals surface area contributed by atoms with Crippen LogP contribution in [0.3, 0.4) is 0 Å². The van der Waals surface area contributed by atoms with E-state index in [1.54, 1.807) is 0 Å². The van der Waals surface area contributed by atoms with Crippen molar-refractivity contribution in [1.82, 2.24) is 5.32 Å². The number of rotatable bonds is 5. The molecule has 0 saturated carbocycles. The number of alkyl halides is 1. The summed E-state index contributed by atoms with van der Waals surface area (Å²) in [5.41, 5.74) is 0. The van der Waals surface area contributed by atoms with Gasteiger partial charge < -0.3 is 10.1 Å². The van der Waals surface area contributed by atoms with Crippen LogP contribution in [0, 0.1) is 0 Å². The Labute approximate surface area is 75.6 Å². The summed E-state index contributed by atoms with van der Waals surface area (Å²) in [7, 11) is 0. The molecule has 0 bridgehead atoms. The van der Waals surface area contributed by atoms with E-state index in [0.717, 1.165) is 0 Å². The fourth-order valence-electron chi connectivity index (χ4n) is 0.650. The van der Waals surface area contributed by atoms with Crippen LogP contribution in [0.15, 0.2) is 0 Å². The fraction of sp³-hybridized carbons (Fsp3) is 0.857. The molecule has 1 unspecified atom stereocenters. The Morgan fingerprint density at radius 2 is 2.36 bits per heavy atom. The largest absolute Gasteiger partial charge is 0.380 e. The second-order valence-corrected chi connectivity index (χ2v) is 2.82. The molecule has 3 nitrogen and oxygen atoms in total. The van der Waals surface area contributed by atoms with Gasteiger partial charge in [-0.1, -0.05) is 15.9 Å². The third-order valence-electron chi connectivity index (χ3n) is 1.10. The van der Waals surface area contributed by atoms with E-state index < -0.39 is 0 Å². The number of nitrogens with one attached hydrogen (secondary N) is 1. The van der Waals surface area contributed by atoms with Crippen molar-refractivity contribution in [3.63, 3.8) is 0 Å². The molecule has 1 amide bonds. The van der Waals surface area contributed by atoms with E-state index >= 15 is 0 Å². The molecule has 0 rings (SSSR count). The highest BCUT2D eigenvalue weighted by molar-refractivity contribution is 9.09. The molecule has 0 aliphatic heterocycles. The molecule has 11 heavy (non-hydrogen) atoms. The smallest absolute Gasteiger partial charge is 0.230 e. The van der Waals surface area contributed by atoms with Crippen molar-refractivity contribution in [2.45, 2.75) is 19.9 Å². The minimum absolute atomic E-state index is 0.00259. The van der Waals surface area contributed by atoms with Crippen molar-refractivity contribution in [2.24, 2.45) is 0 Å². The first-order valence-corrected chi connectivity index (χ1v) is 4.76. The van der Waals surface area contributed by atoms with Gasteiger partial charge in [0.25, 0.3) is 0 Å². The summed E-state index contributed by atoms with van der Waals surface area (Å²) in [5, 5.41) is 3.10. The highest BCUT2D eigenvalue weighted by Gasteiger charge is 2.04. The SMILES string of the molecule is CCOCC(C)NC(=O)CBr. The molecular formula is C7H14BrNO2. The van der Waals surface area contributed by atoms with Gasteiger partial charge in [0.05, 0.1) is 11.9 Å². The van der Waals surface area contributed by atoms with E-state index in [1.165, 1.54) is 0 Å². The molecule has 0 saturated heterocycles. The topological polar surface area (TPSA) is 38.3 Å². The zero-order valence-electron chi connectivity index (χ0n) is 6.89. The van der Waals surface area contributed by atoms with Gasteiger partial charge in [0.1, 0.15) is 0 Å². The van der Waals surface area contributed by atoms with Crippen molar-refractivity contribution in [1.29, 1.82) is 0 Å². The Morgan fingerprint density at radius 3 is 2.82 bits per heavy atom. The lowest BCUT2D eigenvalue weighted by molar-refractivity contribution is -0.119. The van der Waals surface area contributed by atoms with E-state index in [9.17, 15) is 4.79 Å². The highest BCUT2D eigenvalue weighted by Crippen LogP contribution is 1.86. The lowest BCUT2D eigenvalue weighted by atomic mass is 10.3. The van der Waals surface area contributed by atoms with Crippen LogP contribution in [0.1, 0.15) is 13.8 Å². The van der Waals surface area contributed by atoms with E-state index in [1.807, 2.05) is 13.8 Å². The third-order valence-corrected chi connectivity index (χ3v) is 1.61. The zero-order valence-corrected chi connectivity index (χ0v) is 8.48. The minimum atomic E-state index is -0.00259. The summed E-state index contributed by atoms with van der Waals surface area (Å²) in [6.45, 7) is 5.11. The molecule has 0 fully saturated rings. The van der Waals surface area contributed by atoms with Gasteiger partial charge in [0, 0.05) is 12.6 Å². The lowest BCUT2D eigenvalue weighted by Crippen LogP contribution is -2.36. The van der Waals surface area contributed by atoms with Gasteiger partial charge in [0.2, 0.25) is 5.91 Å². The molecule has 1 atom stereocenters. The predicted octanol–water partition coefficient (Wildman–Crippen LogP) is 0.922. The van der Waals surface area contributed by atoms with Crippen molar-refractivity contribution in [3.8, 4) is 0 Å². The van der Waals surface area contributed by atoms with Gasteiger partial charge >= 0.3 is 0 Å². The van der Waals surface area contributed by atoms with Gasteiger partial charge in [-0.3, -0.25) is 4.79 Å². The van der Waals surface area contributed by atoms with Crippen molar-refractivity contribution < 1.29 is 9.53 Å². The first-order chi connectivity index (χ1) is 5.20. The van der Waals surface area contributed by atoms with Crippen LogP contribution in [0.25, 0.3) is 0 Å². The van der Waals surface area contributed by atoms with Crippen LogP contribution < -0.4 is 5.32 Å². The standard InChI is InChI=1S/C7H14BrNO2/c1-3-11-5-6(2)9-7(10)4-8/h6H,3-5H2,1-2H3,(H,9,10). The second-order valence-electron chi connectivity index (χ2n) is 2.26. The Bertz CT molecular complexity index is 119. The summed E-state index contributed by atoms with van der Waals surface area (Å²) < 4.78 is 5.11. The Hall–Kier alpha value is -0.0900. The average molecular weight is 224 g/mol. The number of hydrogen-bond acceptors (Lipinski definition) is 2. The van der Waals surface area contributed by atoms with E-state index in [0.29, 0.717) is 18.5 Å². The van der Waals surface area contributed by atoms with Gasteiger partial charge in [-0.25, -0.2) is 0 Å². The maximum absolute atomic E-state index is 10.8. The number of halogens is 1. The second kappa shape index (κ2) is 6.61. The van der Waals surface area contributed by atoms with Gasteiger partial charge in [-0.15, -0.1) is 0 Å². The number of amides is 1. The van der Waals surface area contributed by atoms with Crippen LogP contribution in [0.5, 0.6) is 0 Å². The molecule has 0 spiro atoms. The first kappa shape index (κ1) is 10.9. The molecule has 0 aromatic heterocycles. The Balaban J connectivity index is 3.35. The summed E-state index contributed by atoms with van der Waals surface area (Å²) >= 11 is 3.06. The summed E-state index contributed by atoms with van der Waals surface area (Å²) in [6.07, 6.45) is 0. The monoisotopic (exact) mass is 223 g/mol. The third kappa shape index (κ3) is 6.31. The zero-order chi connectivity index (χ0) is 8.69. The first-order valence-electron chi connectivity index (χ1n) is 3.63. The molecule has 0 aliphatic carbocycles. The number of ether oxygens (including phenoxy) is 1. The molecule has 1 N–H and O–H groups in total. The molecule has 0 heterocycles. The normalized spacial score (nSPS) is 12.6. The Morgan fingerprint density at radius 1 is 1.73 bits per heavy atom. The van der Waals surface area contributed by atoms with Crippen LogP contribution in [0.2, 0.25) is 0 Å². The minimum Gasteiger partial charge on any atom is -0.380 e. The summed E-state index contributed by atoms with van der Waals surface area (Å²) in [6, 6.07) is 0.0972. The molecule has 4 heteroatoms. The number of carbonyl (C=O) groups is 1. The van der Waals surface area contributed by atoms with Crippen LogP contribution in [0.4, 0.5) is 0 Å².